The molecule has 1 aromatic carbocycles. The Hall–Kier alpha value is -1.43. The molecule has 0 bridgehead atoms. The monoisotopic (exact) mass is 245 g/mol. The molecule has 0 amide bonds. The van der Waals surface area contributed by atoms with Crippen LogP contribution in [0.3, 0.4) is 0 Å². The van der Waals surface area contributed by atoms with Gasteiger partial charge in [0, 0.05) is 6.92 Å². The number of carbonyl (C=O) groups is 1. The van der Waals surface area contributed by atoms with Crippen LogP contribution in [0.25, 0.3) is 10.2 Å². The highest BCUT2D eigenvalue weighted by Crippen LogP contribution is 2.32. The van der Waals surface area contributed by atoms with Gasteiger partial charge >= 0.3 is 6.18 Å². The number of rotatable bonds is 1. The first kappa shape index (κ1) is 11.1. The summed E-state index contributed by atoms with van der Waals surface area (Å²) in [7, 11) is 0. The number of thiazole rings is 1. The highest BCUT2D eigenvalue weighted by Gasteiger charge is 2.30. The molecule has 1 heterocycles. The van der Waals surface area contributed by atoms with Crippen molar-refractivity contribution in [3.63, 3.8) is 0 Å². The topological polar surface area (TPSA) is 30.0 Å². The molecule has 0 N–H and O–H groups in total. The largest absolute Gasteiger partial charge is 0.416 e. The molecule has 6 heteroatoms. The van der Waals surface area contributed by atoms with Gasteiger partial charge in [0.1, 0.15) is 0 Å². The number of ketones is 1. The van der Waals surface area contributed by atoms with Crippen molar-refractivity contribution in [2.75, 3.05) is 0 Å². The van der Waals surface area contributed by atoms with Crippen molar-refractivity contribution in [3.05, 3.63) is 28.8 Å². The molecular formula is C10H6F3NOS. The summed E-state index contributed by atoms with van der Waals surface area (Å²) in [5.41, 5.74) is -0.537. The average molecular weight is 245 g/mol. The molecule has 16 heavy (non-hydrogen) atoms. The van der Waals surface area contributed by atoms with E-state index in [4.69, 9.17) is 0 Å². The number of hydrogen-bond acceptors (Lipinski definition) is 3. The minimum absolute atomic E-state index is 0.213. The lowest BCUT2D eigenvalue weighted by atomic mass is 10.2. The third-order valence-corrected chi connectivity index (χ3v) is 3.15. The molecule has 2 aromatic rings. The van der Waals surface area contributed by atoms with Gasteiger partial charge in [0.15, 0.2) is 10.8 Å². The zero-order chi connectivity index (χ0) is 11.9. The second-order valence-electron chi connectivity index (χ2n) is 3.26. The maximum Gasteiger partial charge on any atom is 0.416 e. The Morgan fingerprint density at radius 2 is 2.06 bits per heavy atom. The zero-order valence-corrected chi connectivity index (χ0v) is 8.95. The number of nitrogens with zero attached hydrogens (tertiary/aromatic N) is 1. The predicted octanol–water partition coefficient (Wildman–Crippen LogP) is 3.52. The van der Waals surface area contributed by atoms with Crippen molar-refractivity contribution >= 4 is 27.3 Å². The normalized spacial score (nSPS) is 12.0. The molecule has 0 aliphatic heterocycles. The fraction of sp³-hybridized carbons (Fsp3) is 0.200. The molecule has 1 aromatic heterocycles. The van der Waals surface area contributed by atoms with E-state index in [2.05, 4.69) is 4.98 Å². The van der Waals surface area contributed by atoms with Crippen LogP contribution in [-0.4, -0.2) is 10.8 Å². The number of hydrogen-bond donors (Lipinski definition) is 0. The van der Waals surface area contributed by atoms with Gasteiger partial charge in [-0.2, -0.15) is 13.2 Å². The SMILES string of the molecule is CC(=O)c1nc2cc(C(F)(F)F)ccc2s1. The molecule has 0 saturated carbocycles. The van der Waals surface area contributed by atoms with E-state index in [-0.39, 0.29) is 16.3 Å². The minimum atomic E-state index is -4.38. The van der Waals surface area contributed by atoms with E-state index in [1.807, 2.05) is 0 Å². The Morgan fingerprint density at radius 3 is 2.62 bits per heavy atom. The summed E-state index contributed by atoms with van der Waals surface area (Å²) < 4.78 is 37.8. The first-order chi connectivity index (χ1) is 7.38. The van der Waals surface area contributed by atoms with Gasteiger partial charge in [-0.25, -0.2) is 4.98 Å². The van der Waals surface area contributed by atoms with Gasteiger partial charge in [-0.05, 0) is 18.2 Å². The van der Waals surface area contributed by atoms with Crippen LogP contribution in [0.15, 0.2) is 18.2 Å². The third-order valence-electron chi connectivity index (χ3n) is 2.02. The van der Waals surface area contributed by atoms with Crippen molar-refractivity contribution in [1.82, 2.24) is 4.98 Å². The number of alkyl halides is 3. The van der Waals surface area contributed by atoms with Crippen LogP contribution in [-0.2, 0) is 6.18 Å². The average Bonchev–Trinajstić information content (AvgIpc) is 2.58. The standard InChI is InChI=1S/C10H6F3NOS/c1-5(15)9-14-7-4-6(10(11,12)13)2-3-8(7)16-9/h2-4H,1H3. The van der Waals surface area contributed by atoms with Crippen LogP contribution in [0.2, 0.25) is 0 Å². The van der Waals surface area contributed by atoms with E-state index in [0.717, 1.165) is 23.5 Å². The Morgan fingerprint density at radius 1 is 1.38 bits per heavy atom. The number of carbonyl (C=O) groups excluding carboxylic acids is 1. The van der Waals surface area contributed by atoms with Gasteiger partial charge in [-0.15, -0.1) is 11.3 Å². The molecule has 84 valence electrons. The van der Waals surface area contributed by atoms with Crippen molar-refractivity contribution in [3.8, 4) is 0 Å². The van der Waals surface area contributed by atoms with E-state index in [1.54, 1.807) is 0 Å². The van der Waals surface area contributed by atoms with Gasteiger partial charge < -0.3 is 0 Å². The van der Waals surface area contributed by atoms with Crippen LogP contribution in [0.1, 0.15) is 22.3 Å². The van der Waals surface area contributed by atoms with Gasteiger partial charge in [0.2, 0.25) is 0 Å². The third kappa shape index (κ3) is 1.92. The van der Waals surface area contributed by atoms with E-state index >= 15 is 0 Å². The molecule has 0 spiro atoms. The summed E-state index contributed by atoms with van der Waals surface area (Å²) in [4.78, 5) is 14.9. The minimum Gasteiger partial charge on any atom is -0.292 e. The number of Topliss-reactive ketones (excluding diaryl/α,β-unsaturated/α-hetero) is 1. The van der Waals surface area contributed by atoms with Crippen molar-refractivity contribution in [2.45, 2.75) is 13.1 Å². The summed E-state index contributed by atoms with van der Waals surface area (Å²) in [6, 6.07) is 3.28. The molecule has 2 nitrogen and oxygen atoms in total. The smallest absolute Gasteiger partial charge is 0.292 e. The molecule has 0 aliphatic carbocycles. The second-order valence-corrected chi connectivity index (χ2v) is 4.29. The molecule has 0 radical (unpaired) electrons. The molecule has 0 atom stereocenters. The number of halogens is 3. The second kappa shape index (κ2) is 3.55. The van der Waals surface area contributed by atoms with E-state index < -0.39 is 11.7 Å². The van der Waals surface area contributed by atoms with E-state index in [1.165, 1.54) is 13.0 Å². The number of benzene rings is 1. The number of aromatic nitrogens is 1. The molecule has 2 rings (SSSR count). The summed E-state index contributed by atoms with van der Waals surface area (Å²) in [5, 5.41) is 0.231. The summed E-state index contributed by atoms with van der Waals surface area (Å²) in [6.07, 6.45) is -4.38. The molecular weight excluding hydrogens is 239 g/mol. The lowest BCUT2D eigenvalue weighted by Crippen LogP contribution is -2.03. The van der Waals surface area contributed by atoms with Gasteiger partial charge in [0.25, 0.3) is 0 Å². The van der Waals surface area contributed by atoms with E-state index in [0.29, 0.717) is 4.70 Å². The Kier molecular flexibility index (Phi) is 2.46. The Balaban J connectivity index is 2.58. The van der Waals surface area contributed by atoms with Crippen LogP contribution >= 0.6 is 11.3 Å². The van der Waals surface area contributed by atoms with Crippen LogP contribution in [0.5, 0.6) is 0 Å². The van der Waals surface area contributed by atoms with Crippen LogP contribution < -0.4 is 0 Å². The first-order valence-electron chi connectivity index (χ1n) is 4.36. The van der Waals surface area contributed by atoms with Gasteiger partial charge in [0.05, 0.1) is 15.8 Å². The van der Waals surface area contributed by atoms with Gasteiger partial charge in [-0.1, -0.05) is 0 Å². The highest BCUT2D eigenvalue weighted by molar-refractivity contribution is 7.20. The quantitative estimate of drug-likeness (QED) is 0.719. The fourth-order valence-electron chi connectivity index (χ4n) is 1.25. The molecule has 0 unspecified atom stereocenters. The Bertz CT molecular complexity index is 559. The van der Waals surface area contributed by atoms with Gasteiger partial charge in [-0.3, -0.25) is 4.79 Å². The summed E-state index contributed by atoms with van der Waals surface area (Å²) in [6.45, 7) is 1.34. The maximum absolute atomic E-state index is 12.4. The summed E-state index contributed by atoms with van der Waals surface area (Å²) >= 11 is 1.10. The Labute approximate surface area is 92.7 Å². The predicted molar refractivity (Wildman–Crippen MR) is 54.6 cm³/mol. The van der Waals surface area contributed by atoms with E-state index in [9.17, 15) is 18.0 Å². The zero-order valence-electron chi connectivity index (χ0n) is 8.13. The lowest BCUT2D eigenvalue weighted by molar-refractivity contribution is -0.137. The summed E-state index contributed by atoms with van der Waals surface area (Å²) in [5.74, 6) is -0.241. The molecule has 0 fully saturated rings. The lowest BCUT2D eigenvalue weighted by Gasteiger charge is -2.04. The first-order valence-corrected chi connectivity index (χ1v) is 5.18. The van der Waals surface area contributed by atoms with Crippen molar-refractivity contribution in [2.24, 2.45) is 0 Å². The molecule has 0 aliphatic rings. The van der Waals surface area contributed by atoms with Crippen molar-refractivity contribution < 1.29 is 18.0 Å². The van der Waals surface area contributed by atoms with Crippen LogP contribution in [0.4, 0.5) is 13.2 Å². The van der Waals surface area contributed by atoms with Crippen molar-refractivity contribution in [1.29, 1.82) is 0 Å². The fourth-order valence-corrected chi connectivity index (χ4v) is 2.10. The van der Waals surface area contributed by atoms with Crippen LogP contribution in [0, 0.1) is 0 Å². The highest BCUT2D eigenvalue weighted by atomic mass is 32.1. The number of fused-ring (bicyclic) bond motifs is 1. The molecule has 0 saturated heterocycles. The maximum atomic E-state index is 12.4.